The van der Waals surface area contributed by atoms with Crippen molar-refractivity contribution in [3.05, 3.63) is 0 Å². The molecule has 60 valence electrons. The molecule has 1 saturated heterocycles. The molecule has 0 unspecified atom stereocenters. The predicted octanol–water partition coefficient (Wildman–Crippen LogP) is 0.284. The fourth-order valence-electron chi connectivity index (χ4n) is 1.35. The Morgan fingerprint density at radius 1 is 1.40 bits per heavy atom. The standard InChI is InChI=1S/C7H15FN2/c8-5-7(6-9)1-3-10-4-2-7/h10H,1-6,9H2. The smallest absolute Gasteiger partial charge is 0.0963 e. The van der Waals surface area contributed by atoms with E-state index in [1.165, 1.54) is 0 Å². The van der Waals surface area contributed by atoms with Gasteiger partial charge in [-0.2, -0.15) is 0 Å². The average Bonchev–Trinajstić information content (AvgIpc) is 2.06. The van der Waals surface area contributed by atoms with Gasteiger partial charge in [-0.1, -0.05) is 0 Å². The van der Waals surface area contributed by atoms with Gasteiger partial charge in [0.25, 0.3) is 0 Å². The molecule has 0 aliphatic carbocycles. The number of halogens is 1. The number of rotatable bonds is 2. The molecule has 0 aromatic heterocycles. The van der Waals surface area contributed by atoms with Crippen LogP contribution in [-0.2, 0) is 0 Å². The third kappa shape index (κ3) is 1.47. The van der Waals surface area contributed by atoms with Gasteiger partial charge in [-0.3, -0.25) is 4.39 Å². The van der Waals surface area contributed by atoms with Crippen molar-refractivity contribution in [2.75, 3.05) is 26.3 Å². The fraction of sp³-hybridized carbons (Fsp3) is 1.00. The molecule has 0 atom stereocenters. The molecular formula is C7H15FN2. The quantitative estimate of drug-likeness (QED) is 0.587. The van der Waals surface area contributed by atoms with Gasteiger partial charge in [0.1, 0.15) is 0 Å². The lowest BCUT2D eigenvalue weighted by Gasteiger charge is -2.33. The molecule has 0 amide bonds. The summed E-state index contributed by atoms with van der Waals surface area (Å²) in [5.41, 5.74) is 5.29. The van der Waals surface area contributed by atoms with Gasteiger partial charge in [-0.15, -0.1) is 0 Å². The lowest BCUT2D eigenvalue weighted by Crippen LogP contribution is -2.43. The summed E-state index contributed by atoms with van der Waals surface area (Å²) >= 11 is 0. The highest BCUT2D eigenvalue weighted by atomic mass is 19.1. The first-order valence-electron chi connectivity index (χ1n) is 3.80. The van der Waals surface area contributed by atoms with E-state index in [9.17, 15) is 4.39 Å². The highest BCUT2D eigenvalue weighted by molar-refractivity contribution is 4.84. The Bertz CT molecular complexity index is 93.8. The van der Waals surface area contributed by atoms with Crippen molar-refractivity contribution < 1.29 is 4.39 Å². The third-order valence-corrected chi connectivity index (χ3v) is 2.38. The van der Waals surface area contributed by atoms with Crippen molar-refractivity contribution in [3.63, 3.8) is 0 Å². The number of nitrogens with two attached hydrogens (primary N) is 1. The molecule has 3 N–H and O–H groups in total. The molecule has 0 aromatic rings. The summed E-state index contributed by atoms with van der Waals surface area (Å²) in [5.74, 6) is 0. The fourth-order valence-corrected chi connectivity index (χ4v) is 1.35. The lowest BCUT2D eigenvalue weighted by atomic mass is 9.80. The number of piperidine rings is 1. The molecule has 10 heavy (non-hydrogen) atoms. The second-order valence-electron chi connectivity index (χ2n) is 3.09. The Kier molecular flexibility index (Phi) is 2.63. The Balaban J connectivity index is 2.44. The van der Waals surface area contributed by atoms with E-state index in [-0.39, 0.29) is 12.1 Å². The molecule has 1 aliphatic heterocycles. The largest absolute Gasteiger partial charge is 0.330 e. The molecule has 3 heteroatoms. The van der Waals surface area contributed by atoms with Crippen LogP contribution in [-0.4, -0.2) is 26.3 Å². The van der Waals surface area contributed by atoms with E-state index in [1.807, 2.05) is 0 Å². The maximum absolute atomic E-state index is 12.4. The molecule has 1 fully saturated rings. The van der Waals surface area contributed by atoms with Gasteiger partial charge in [-0.25, -0.2) is 0 Å². The molecular weight excluding hydrogens is 131 g/mol. The van der Waals surface area contributed by atoms with E-state index in [0.29, 0.717) is 6.54 Å². The summed E-state index contributed by atoms with van der Waals surface area (Å²) in [6.45, 7) is 2.07. The molecule has 0 spiro atoms. The Hall–Kier alpha value is -0.150. The predicted molar refractivity (Wildman–Crippen MR) is 39.6 cm³/mol. The summed E-state index contributed by atoms with van der Waals surface area (Å²) in [4.78, 5) is 0. The maximum Gasteiger partial charge on any atom is 0.0963 e. The molecule has 0 saturated carbocycles. The SMILES string of the molecule is NCC1(CF)CCNCC1. The Morgan fingerprint density at radius 3 is 2.30 bits per heavy atom. The summed E-state index contributed by atoms with van der Waals surface area (Å²) in [5, 5.41) is 3.19. The Morgan fingerprint density at radius 2 is 2.00 bits per heavy atom. The van der Waals surface area contributed by atoms with Crippen LogP contribution < -0.4 is 11.1 Å². The van der Waals surface area contributed by atoms with Crippen LogP contribution in [0.25, 0.3) is 0 Å². The first-order valence-corrected chi connectivity index (χ1v) is 3.80. The summed E-state index contributed by atoms with van der Waals surface area (Å²) in [6, 6.07) is 0. The van der Waals surface area contributed by atoms with Crippen LogP contribution >= 0.6 is 0 Å². The van der Waals surface area contributed by atoms with Gasteiger partial charge in [0, 0.05) is 12.0 Å². The van der Waals surface area contributed by atoms with E-state index in [4.69, 9.17) is 5.73 Å². The minimum atomic E-state index is -0.259. The number of nitrogens with one attached hydrogen (secondary N) is 1. The summed E-state index contributed by atoms with van der Waals surface area (Å²) in [7, 11) is 0. The monoisotopic (exact) mass is 146 g/mol. The molecule has 0 radical (unpaired) electrons. The molecule has 0 bridgehead atoms. The van der Waals surface area contributed by atoms with E-state index < -0.39 is 0 Å². The van der Waals surface area contributed by atoms with Crippen LogP contribution in [0.3, 0.4) is 0 Å². The van der Waals surface area contributed by atoms with Gasteiger partial charge in [0.05, 0.1) is 6.67 Å². The van der Waals surface area contributed by atoms with Crippen molar-refractivity contribution >= 4 is 0 Å². The highest BCUT2D eigenvalue weighted by Crippen LogP contribution is 2.27. The molecule has 2 nitrogen and oxygen atoms in total. The van der Waals surface area contributed by atoms with Crippen LogP contribution in [0.1, 0.15) is 12.8 Å². The average molecular weight is 146 g/mol. The third-order valence-electron chi connectivity index (χ3n) is 2.38. The number of alkyl halides is 1. The van der Waals surface area contributed by atoms with Crippen molar-refractivity contribution in [2.45, 2.75) is 12.8 Å². The van der Waals surface area contributed by atoms with Crippen LogP contribution in [0.5, 0.6) is 0 Å². The van der Waals surface area contributed by atoms with Gasteiger partial charge in [0.15, 0.2) is 0 Å². The minimum absolute atomic E-state index is 0.189. The first-order chi connectivity index (χ1) is 4.83. The lowest BCUT2D eigenvalue weighted by molar-refractivity contribution is 0.157. The van der Waals surface area contributed by atoms with E-state index in [2.05, 4.69) is 5.32 Å². The highest BCUT2D eigenvalue weighted by Gasteiger charge is 2.30. The van der Waals surface area contributed by atoms with Crippen molar-refractivity contribution in [1.82, 2.24) is 5.32 Å². The van der Waals surface area contributed by atoms with E-state index in [0.717, 1.165) is 25.9 Å². The minimum Gasteiger partial charge on any atom is -0.330 e. The van der Waals surface area contributed by atoms with Crippen molar-refractivity contribution in [2.24, 2.45) is 11.1 Å². The second kappa shape index (κ2) is 3.30. The van der Waals surface area contributed by atoms with Gasteiger partial charge in [-0.05, 0) is 25.9 Å². The molecule has 1 aliphatic rings. The number of hydrogen-bond acceptors (Lipinski definition) is 2. The van der Waals surface area contributed by atoms with E-state index in [1.54, 1.807) is 0 Å². The normalized spacial score (nSPS) is 24.6. The number of hydrogen-bond donors (Lipinski definition) is 2. The van der Waals surface area contributed by atoms with Crippen LogP contribution in [0.15, 0.2) is 0 Å². The summed E-state index contributed by atoms with van der Waals surface area (Å²) in [6.07, 6.45) is 1.78. The topological polar surface area (TPSA) is 38.0 Å². The molecule has 1 rings (SSSR count). The van der Waals surface area contributed by atoms with E-state index >= 15 is 0 Å². The molecule has 1 heterocycles. The zero-order valence-corrected chi connectivity index (χ0v) is 6.20. The van der Waals surface area contributed by atoms with Gasteiger partial charge < -0.3 is 11.1 Å². The second-order valence-corrected chi connectivity index (χ2v) is 3.09. The van der Waals surface area contributed by atoms with Crippen LogP contribution in [0.2, 0.25) is 0 Å². The maximum atomic E-state index is 12.4. The van der Waals surface area contributed by atoms with Crippen LogP contribution in [0, 0.1) is 5.41 Å². The zero-order valence-electron chi connectivity index (χ0n) is 6.20. The van der Waals surface area contributed by atoms with Gasteiger partial charge in [0.2, 0.25) is 0 Å². The van der Waals surface area contributed by atoms with Crippen molar-refractivity contribution in [1.29, 1.82) is 0 Å². The van der Waals surface area contributed by atoms with Gasteiger partial charge >= 0.3 is 0 Å². The first kappa shape index (κ1) is 7.95. The summed E-state index contributed by atoms with van der Waals surface area (Å²) < 4.78 is 12.4. The Labute approximate surface area is 61.0 Å². The molecule has 0 aromatic carbocycles. The van der Waals surface area contributed by atoms with Crippen molar-refractivity contribution in [3.8, 4) is 0 Å². The zero-order chi connectivity index (χ0) is 7.45. The van der Waals surface area contributed by atoms with Crippen LogP contribution in [0.4, 0.5) is 4.39 Å².